The summed E-state index contributed by atoms with van der Waals surface area (Å²) in [6.45, 7) is 8.44. The summed E-state index contributed by atoms with van der Waals surface area (Å²) in [5.41, 5.74) is 0. The minimum atomic E-state index is 0.0312. The van der Waals surface area contributed by atoms with Crippen LogP contribution in [0.2, 0.25) is 0 Å². The summed E-state index contributed by atoms with van der Waals surface area (Å²) in [7, 11) is 0. The third-order valence-corrected chi connectivity index (χ3v) is 3.00. The summed E-state index contributed by atoms with van der Waals surface area (Å²) in [4.78, 5) is 11.6. The van der Waals surface area contributed by atoms with Gasteiger partial charge in [0.2, 0.25) is 0 Å². The van der Waals surface area contributed by atoms with Gasteiger partial charge in [0.25, 0.3) is 0 Å². The Bertz CT molecular complexity index is 184. The third-order valence-electron chi connectivity index (χ3n) is 3.00. The first kappa shape index (κ1) is 11.5. The van der Waals surface area contributed by atoms with Crippen LogP contribution in [-0.4, -0.2) is 12.1 Å². The summed E-state index contributed by atoms with van der Waals surface area (Å²) in [5, 5.41) is 0. The van der Waals surface area contributed by atoms with E-state index in [1.807, 2.05) is 0 Å². The number of ether oxygens (including phenoxy) is 1. The lowest BCUT2D eigenvalue weighted by Crippen LogP contribution is -2.33. The van der Waals surface area contributed by atoms with Crippen LogP contribution in [0.1, 0.15) is 47.0 Å². The highest BCUT2D eigenvalue weighted by Gasteiger charge is 2.30. The van der Waals surface area contributed by atoms with E-state index in [0.717, 1.165) is 12.8 Å². The van der Waals surface area contributed by atoms with Gasteiger partial charge >= 0.3 is 5.97 Å². The minimum Gasteiger partial charge on any atom is -0.462 e. The Labute approximate surface area is 87.0 Å². The van der Waals surface area contributed by atoms with E-state index in [1.54, 1.807) is 0 Å². The van der Waals surface area contributed by atoms with Gasteiger partial charge in [-0.2, -0.15) is 0 Å². The van der Waals surface area contributed by atoms with Gasteiger partial charge in [-0.3, -0.25) is 4.79 Å². The number of hydrogen-bond donors (Lipinski definition) is 0. The molecule has 2 nitrogen and oxygen atoms in total. The fourth-order valence-corrected chi connectivity index (χ4v) is 1.92. The Morgan fingerprint density at radius 2 is 1.64 bits per heavy atom. The average molecular weight is 198 g/mol. The molecule has 0 aromatic rings. The molecule has 1 aliphatic rings. The third kappa shape index (κ3) is 2.73. The van der Waals surface area contributed by atoms with E-state index in [2.05, 4.69) is 27.7 Å². The Morgan fingerprint density at radius 1 is 1.14 bits per heavy atom. The van der Waals surface area contributed by atoms with E-state index in [0.29, 0.717) is 11.8 Å². The van der Waals surface area contributed by atoms with E-state index in [9.17, 15) is 4.79 Å². The second kappa shape index (κ2) is 4.81. The van der Waals surface area contributed by atoms with E-state index in [1.165, 1.54) is 6.42 Å². The van der Waals surface area contributed by atoms with Crippen LogP contribution in [0.5, 0.6) is 0 Å². The fourth-order valence-electron chi connectivity index (χ4n) is 1.92. The first-order valence-corrected chi connectivity index (χ1v) is 5.73. The first-order valence-electron chi connectivity index (χ1n) is 5.73. The van der Waals surface area contributed by atoms with Crippen molar-refractivity contribution in [3.8, 4) is 0 Å². The van der Waals surface area contributed by atoms with Crippen molar-refractivity contribution in [3.63, 3.8) is 0 Å². The summed E-state index contributed by atoms with van der Waals surface area (Å²) in [6, 6.07) is 0. The standard InChI is InChI=1S/C12H22O2/c1-8(2)11(9(3)4)14-12(13)10-6-5-7-10/h8-11H,5-7H2,1-4H3. The summed E-state index contributed by atoms with van der Waals surface area (Å²) >= 11 is 0. The van der Waals surface area contributed by atoms with Crippen molar-refractivity contribution in [1.82, 2.24) is 0 Å². The molecule has 0 aromatic carbocycles. The molecular weight excluding hydrogens is 176 g/mol. The molecule has 1 rings (SSSR count). The second-order valence-corrected chi connectivity index (χ2v) is 5.02. The SMILES string of the molecule is CC(C)C(OC(=O)C1CCC1)C(C)C. The summed E-state index contributed by atoms with van der Waals surface area (Å²) in [5.74, 6) is 1.07. The minimum absolute atomic E-state index is 0.0312. The van der Waals surface area contributed by atoms with Crippen LogP contribution in [0.3, 0.4) is 0 Å². The maximum Gasteiger partial charge on any atom is 0.309 e. The number of esters is 1. The van der Waals surface area contributed by atoms with Gasteiger partial charge in [-0.05, 0) is 24.7 Å². The lowest BCUT2D eigenvalue weighted by molar-refractivity contribution is -0.162. The normalized spacial score (nSPS) is 17.6. The van der Waals surface area contributed by atoms with Gasteiger partial charge in [0, 0.05) is 0 Å². The Kier molecular flexibility index (Phi) is 3.97. The van der Waals surface area contributed by atoms with Gasteiger partial charge in [-0.15, -0.1) is 0 Å². The maximum absolute atomic E-state index is 11.6. The van der Waals surface area contributed by atoms with E-state index < -0.39 is 0 Å². The van der Waals surface area contributed by atoms with Crippen molar-refractivity contribution in [3.05, 3.63) is 0 Å². The van der Waals surface area contributed by atoms with Gasteiger partial charge in [0.15, 0.2) is 0 Å². The van der Waals surface area contributed by atoms with E-state index in [-0.39, 0.29) is 18.0 Å². The van der Waals surface area contributed by atoms with Crippen LogP contribution in [0.4, 0.5) is 0 Å². The Hall–Kier alpha value is -0.530. The monoisotopic (exact) mass is 198 g/mol. The fraction of sp³-hybridized carbons (Fsp3) is 0.917. The Balaban J connectivity index is 2.41. The molecule has 1 aliphatic carbocycles. The molecule has 1 fully saturated rings. The van der Waals surface area contributed by atoms with Gasteiger partial charge in [-0.25, -0.2) is 0 Å². The molecule has 0 aromatic heterocycles. The molecular formula is C12H22O2. The highest BCUT2D eigenvalue weighted by atomic mass is 16.5. The molecule has 0 bridgehead atoms. The van der Waals surface area contributed by atoms with Crippen LogP contribution in [0.15, 0.2) is 0 Å². The predicted molar refractivity (Wildman–Crippen MR) is 56.9 cm³/mol. The zero-order valence-corrected chi connectivity index (χ0v) is 9.75. The van der Waals surface area contributed by atoms with Crippen molar-refractivity contribution in [2.24, 2.45) is 17.8 Å². The summed E-state index contributed by atoms with van der Waals surface area (Å²) in [6.07, 6.45) is 3.33. The van der Waals surface area contributed by atoms with Crippen molar-refractivity contribution in [1.29, 1.82) is 0 Å². The molecule has 0 aliphatic heterocycles. The first-order chi connectivity index (χ1) is 6.52. The quantitative estimate of drug-likeness (QED) is 0.649. The molecule has 1 saturated carbocycles. The molecule has 14 heavy (non-hydrogen) atoms. The molecule has 0 unspecified atom stereocenters. The van der Waals surface area contributed by atoms with Gasteiger partial charge in [0.1, 0.15) is 6.10 Å². The molecule has 82 valence electrons. The zero-order chi connectivity index (χ0) is 10.7. The van der Waals surface area contributed by atoms with Crippen LogP contribution < -0.4 is 0 Å². The average Bonchev–Trinajstić information content (AvgIpc) is 1.95. The van der Waals surface area contributed by atoms with Crippen molar-refractivity contribution < 1.29 is 9.53 Å². The van der Waals surface area contributed by atoms with Gasteiger partial charge in [0.05, 0.1) is 5.92 Å². The highest BCUT2D eigenvalue weighted by molar-refractivity contribution is 5.73. The number of rotatable bonds is 4. The molecule has 0 spiro atoms. The topological polar surface area (TPSA) is 26.3 Å². The zero-order valence-electron chi connectivity index (χ0n) is 9.75. The molecule has 0 saturated heterocycles. The highest BCUT2D eigenvalue weighted by Crippen LogP contribution is 2.29. The molecule has 0 atom stereocenters. The van der Waals surface area contributed by atoms with Crippen LogP contribution >= 0.6 is 0 Å². The lowest BCUT2D eigenvalue weighted by atomic mass is 9.85. The van der Waals surface area contributed by atoms with Crippen molar-refractivity contribution in [2.45, 2.75) is 53.1 Å². The number of carbonyl (C=O) groups excluding carboxylic acids is 1. The van der Waals surface area contributed by atoms with Crippen LogP contribution in [0, 0.1) is 17.8 Å². The maximum atomic E-state index is 11.6. The van der Waals surface area contributed by atoms with Crippen LogP contribution in [-0.2, 0) is 9.53 Å². The van der Waals surface area contributed by atoms with E-state index >= 15 is 0 Å². The van der Waals surface area contributed by atoms with Gasteiger partial charge in [-0.1, -0.05) is 34.1 Å². The van der Waals surface area contributed by atoms with Crippen molar-refractivity contribution >= 4 is 5.97 Å². The predicted octanol–water partition coefficient (Wildman–Crippen LogP) is 3.01. The molecule has 2 heteroatoms. The molecule has 0 amide bonds. The van der Waals surface area contributed by atoms with Crippen molar-refractivity contribution in [2.75, 3.05) is 0 Å². The number of carbonyl (C=O) groups is 1. The largest absolute Gasteiger partial charge is 0.462 e. The summed E-state index contributed by atoms with van der Waals surface area (Å²) < 4.78 is 5.54. The van der Waals surface area contributed by atoms with Gasteiger partial charge < -0.3 is 4.74 Å². The molecule has 0 radical (unpaired) electrons. The van der Waals surface area contributed by atoms with E-state index in [4.69, 9.17) is 4.74 Å². The lowest BCUT2D eigenvalue weighted by Gasteiger charge is -2.30. The smallest absolute Gasteiger partial charge is 0.309 e. The second-order valence-electron chi connectivity index (χ2n) is 5.02. The number of hydrogen-bond acceptors (Lipinski definition) is 2. The molecule has 0 heterocycles. The Morgan fingerprint density at radius 3 is 1.93 bits per heavy atom. The molecule has 0 N–H and O–H groups in total. The van der Waals surface area contributed by atoms with Crippen LogP contribution in [0.25, 0.3) is 0 Å².